The lowest BCUT2D eigenvalue weighted by Gasteiger charge is -2.25. The van der Waals surface area contributed by atoms with E-state index in [1.54, 1.807) is 12.3 Å². The topological polar surface area (TPSA) is 21.1 Å². The lowest BCUT2D eigenvalue weighted by atomic mass is 9.89. The van der Waals surface area contributed by atoms with Crippen LogP contribution >= 0.6 is 0 Å². The molecule has 0 N–H and O–H groups in total. The molecule has 62 heavy (non-hydrogen) atoms. The lowest BCUT2D eigenvalue weighted by Crippen LogP contribution is -2.10. The van der Waals surface area contributed by atoms with Crippen molar-refractivity contribution in [2.45, 2.75) is 27.7 Å². The molecule has 302 valence electrons. The highest BCUT2D eigenvalue weighted by molar-refractivity contribution is 6.10. The lowest BCUT2D eigenvalue weighted by molar-refractivity contribution is 1.18. The maximum Gasteiger partial charge on any atom is 0.0644 e. The minimum atomic E-state index is 1.05. The van der Waals surface area contributed by atoms with Gasteiger partial charge >= 0.3 is 0 Å². The molecule has 2 aromatic heterocycles. The normalized spacial score (nSPS) is 10.6. The van der Waals surface area contributed by atoms with Gasteiger partial charge in [-0.15, -0.1) is 6.58 Å². The van der Waals surface area contributed by atoms with E-state index in [2.05, 4.69) is 236 Å². The average molecular weight is 802 g/mol. The molecule has 0 aliphatic carbocycles. The van der Waals surface area contributed by atoms with Crippen LogP contribution in [0.2, 0.25) is 0 Å². The van der Waals surface area contributed by atoms with Crippen molar-refractivity contribution in [3.8, 4) is 39.1 Å². The van der Waals surface area contributed by atoms with Gasteiger partial charge in [-0.25, -0.2) is 0 Å². The summed E-state index contributed by atoms with van der Waals surface area (Å²) >= 11 is 0. The minimum Gasteiger partial charge on any atom is -0.309 e. The van der Waals surface area contributed by atoms with E-state index in [-0.39, 0.29) is 0 Å². The first-order valence-electron chi connectivity index (χ1n) is 21.2. The molecule has 2 heterocycles. The molecule has 0 fully saturated rings. The number of aromatic nitrogens is 2. The van der Waals surface area contributed by atoms with E-state index in [9.17, 15) is 0 Å². The zero-order valence-corrected chi connectivity index (χ0v) is 35.9. The molecule has 0 radical (unpaired) electrons. The van der Waals surface area contributed by atoms with E-state index in [1.807, 2.05) is 25.3 Å². The smallest absolute Gasteiger partial charge is 0.0644 e. The molecule has 0 spiro atoms. The highest BCUT2D eigenvalue weighted by Crippen LogP contribution is 2.40. The Bertz CT molecular complexity index is 3040. The number of hydrogen-bond donors (Lipinski definition) is 0. The van der Waals surface area contributed by atoms with Gasteiger partial charge in [-0.05, 0) is 133 Å². The maximum absolute atomic E-state index is 4.30. The molecule has 0 aliphatic heterocycles. The van der Waals surface area contributed by atoms with E-state index >= 15 is 0 Å². The Balaban J connectivity index is 0.000000165. The molecule has 10 aromatic rings. The fourth-order valence-corrected chi connectivity index (χ4v) is 8.17. The minimum absolute atomic E-state index is 1.05. The van der Waals surface area contributed by atoms with Crippen molar-refractivity contribution >= 4 is 38.9 Å². The highest BCUT2D eigenvalue weighted by Gasteiger charge is 2.17. The van der Waals surface area contributed by atoms with Crippen LogP contribution in [0, 0.1) is 20.8 Å². The number of aryl methyl sites for hydroxylation is 3. The van der Waals surface area contributed by atoms with Gasteiger partial charge in [-0.1, -0.05) is 157 Å². The third-order valence-electron chi connectivity index (χ3n) is 11.1. The third kappa shape index (κ3) is 8.75. The molecule has 3 nitrogen and oxygen atoms in total. The van der Waals surface area contributed by atoms with Gasteiger partial charge in [0.25, 0.3) is 0 Å². The van der Waals surface area contributed by atoms with Gasteiger partial charge in [-0.2, -0.15) is 0 Å². The van der Waals surface area contributed by atoms with Gasteiger partial charge in [0.15, 0.2) is 0 Å². The van der Waals surface area contributed by atoms with Gasteiger partial charge in [-0.3, -0.25) is 4.98 Å². The summed E-state index contributed by atoms with van der Waals surface area (Å²) in [5, 5.41) is 2.56. The average Bonchev–Trinajstić information content (AvgIpc) is 3.65. The van der Waals surface area contributed by atoms with Crippen LogP contribution in [-0.4, -0.2) is 9.55 Å². The molecule has 3 heteroatoms. The van der Waals surface area contributed by atoms with E-state index in [4.69, 9.17) is 0 Å². The molecule has 0 bridgehead atoms. The van der Waals surface area contributed by atoms with Crippen molar-refractivity contribution < 1.29 is 0 Å². The zero-order valence-electron chi connectivity index (χ0n) is 35.9. The van der Waals surface area contributed by atoms with E-state index < -0.39 is 0 Å². The van der Waals surface area contributed by atoms with Gasteiger partial charge in [0.2, 0.25) is 0 Å². The van der Waals surface area contributed by atoms with Crippen LogP contribution in [-0.2, 0) is 0 Å². The summed E-state index contributed by atoms with van der Waals surface area (Å²) < 4.78 is 2.39. The number of allylic oxidation sites excluding steroid dienone is 1. The summed E-state index contributed by atoms with van der Waals surface area (Å²) in [5.41, 5.74) is 18.3. The number of rotatable bonds is 7. The standard InChI is InChI=1S/C32H25N.C24H20N2.C3H6/c1-22-11-6-7-15-26(22)32-23(2)12-10-17-27(32)24-19-20-29-28-16-8-9-18-30(28)33(31(29)21-24)25-13-4-3-5-14-25;1-19-9-13-22(14-10-19)26(24-8-5-17-25-18-24)23-15-11-21(12-16-23)20-6-3-2-4-7-20;1-3-2/h3-21H,1-2H3;2-18H,1H3;3H,1H2,2H3. The van der Waals surface area contributed by atoms with E-state index in [1.165, 1.54) is 77.6 Å². The summed E-state index contributed by atoms with van der Waals surface area (Å²) in [6.07, 6.45) is 5.44. The molecular formula is C59H51N3. The summed E-state index contributed by atoms with van der Waals surface area (Å²) in [7, 11) is 0. The number of fused-ring (bicyclic) bond motifs is 3. The van der Waals surface area contributed by atoms with Crippen molar-refractivity contribution in [3.63, 3.8) is 0 Å². The van der Waals surface area contributed by atoms with E-state index in [0.29, 0.717) is 0 Å². The first kappa shape index (κ1) is 41.0. The number of nitrogens with zero attached hydrogens (tertiary/aromatic N) is 3. The third-order valence-corrected chi connectivity index (χ3v) is 11.1. The molecule has 0 saturated carbocycles. The Morgan fingerprint density at radius 3 is 1.73 bits per heavy atom. The molecule has 8 aromatic carbocycles. The van der Waals surface area contributed by atoms with Gasteiger partial charge in [0.1, 0.15) is 0 Å². The van der Waals surface area contributed by atoms with Crippen LogP contribution in [0.25, 0.3) is 60.9 Å². The predicted molar refractivity (Wildman–Crippen MR) is 266 cm³/mol. The first-order chi connectivity index (χ1) is 30.4. The number of para-hydroxylation sites is 2. The largest absolute Gasteiger partial charge is 0.309 e. The second-order valence-electron chi connectivity index (χ2n) is 15.4. The monoisotopic (exact) mass is 801 g/mol. The summed E-state index contributed by atoms with van der Waals surface area (Å²) in [6, 6.07) is 73.3. The van der Waals surface area contributed by atoms with Crippen molar-refractivity contribution in [2.75, 3.05) is 4.90 Å². The Labute approximate surface area is 366 Å². The van der Waals surface area contributed by atoms with Crippen LogP contribution in [0.3, 0.4) is 0 Å². The quantitative estimate of drug-likeness (QED) is 0.150. The molecule has 0 unspecified atom stereocenters. The number of benzene rings is 8. The predicted octanol–water partition coefficient (Wildman–Crippen LogP) is 16.5. The number of anilines is 3. The van der Waals surface area contributed by atoms with Gasteiger partial charge in [0, 0.05) is 34.0 Å². The Morgan fingerprint density at radius 1 is 0.468 bits per heavy atom. The summed E-state index contributed by atoms with van der Waals surface area (Å²) in [6.45, 7) is 11.8. The summed E-state index contributed by atoms with van der Waals surface area (Å²) in [4.78, 5) is 6.52. The van der Waals surface area contributed by atoms with Crippen molar-refractivity contribution in [2.24, 2.45) is 0 Å². The highest BCUT2D eigenvalue weighted by atomic mass is 15.1. The second-order valence-corrected chi connectivity index (χ2v) is 15.4. The van der Waals surface area contributed by atoms with Crippen LogP contribution in [0.5, 0.6) is 0 Å². The maximum atomic E-state index is 4.30. The number of pyridine rings is 1. The van der Waals surface area contributed by atoms with Crippen molar-refractivity contribution in [1.82, 2.24) is 9.55 Å². The Hall–Kier alpha value is -7.75. The SMILES string of the molecule is C=CC.Cc1ccc(N(c2ccc(-c3ccccc3)cc2)c2cccnc2)cc1.Cc1ccccc1-c1c(C)cccc1-c1ccc2c3ccccc3n(-c3ccccc3)c2c1. The van der Waals surface area contributed by atoms with Crippen LogP contribution in [0.4, 0.5) is 17.1 Å². The van der Waals surface area contributed by atoms with Gasteiger partial charge in [0.05, 0.1) is 22.9 Å². The fraction of sp³-hybridized carbons (Fsp3) is 0.0678. The molecule has 0 saturated heterocycles. The Morgan fingerprint density at radius 2 is 1.03 bits per heavy atom. The van der Waals surface area contributed by atoms with Gasteiger partial charge < -0.3 is 9.47 Å². The van der Waals surface area contributed by atoms with Crippen LogP contribution in [0.15, 0.2) is 231 Å². The molecule has 0 aliphatic rings. The second kappa shape index (κ2) is 19.1. The first-order valence-corrected chi connectivity index (χ1v) is 21.2. The molecular weight excluding hydrogens is 751 g/mol. The molecule has 0 atom stereocenters. The summed E-state index contributed by atoms with van der Waals surface area (Å²) in [5.74, 6) is 0. The van der Waals surface area contributed by atoms with Crippen molar-refractivity contribution in [3.05, 3.63) is 248 Å². The van der Waals surface area contributed by atoms with Crippen LogP contribution < -0.4 is 4.90 Å². The Kier molecular flexibility index (Phi) is 12.6. The van der Waals surface area contributed by atoms with Crippen LogP contribution in [0.1, 0.15) is 23.6 Å². The zero-order chi connectivity index (χ0) is 42.8. The fourth-order valence-electron chi connectivity index (χ4n) is 8.17. The van der Waals surface area contributed by atoms with E-state index in [0.717, 1.165) is 17.1 Å². The van der Waals surface area contributed by atoms with Crippen molar-refractivity contribution in [1.29, 1.82) is 0 Å². The molecule has 0 amide bonds. The number of hydrogen-bond acceptors (Lipinski definition) is 2. The molecule has 10 rings (SSSR count).